The number of hydrogen-bond donors (Lipinski definition) is 2. The minimum Gasteiger partial charge on any atom is -0.495 e. The minimum atomic E-state index is -0.920. The number of hydrogen-bond acceptors (Lipinski definition) is 7. The van der Waals surface area contributed by atoms with Gasteiger partial charge >= 0.3 is 11.7 Å². The molecule has 21 heavy (non-hydrogen) atoms. The number of amides is 1. The Bertz CT molecular complexity index is 895. The van der Waals surface area contributed by atoms with Gasteiger partial charge in [-0.05, 0) is 6.07 Å². The highest BCUT2D eigenvalue weighted by atomic mass is 16.6. The minimum absolute atomic E-state index is 0.0239. The van der Waals surface area contributed by atoms with E-state index in [-0.39, 0.29) is 11.3 Å². The van der Waals surface area contributed by atoms with E-state index in [9.17, 15) is 9.59 Å². The Kier molecular flexibility index (Phi) is 2.99. The van der Waals surface area contributed by atoms with E-state index in [0.717, 1.165) is 6.07 Å². The summed E-state index contributed by atoms with van der Waals surface area (Å²) in [6.45, 7) is 0. The Morgan fingerprint density at radius 3 is 2.86 bits per heavy atom. The fraction of sp³-hybridized carbons (Fsp3) is 0.0769. The van der Waals surface area contributed by atoms with Crippen LogP contribution in [-0.2, 0) is 0 Å². The van der Waals surface area contributed by atoms with E-state index < -0.39 is 11.7 Å². The van der Waals surface area contributed by atoms with Crippen LogP contribution in [0.1, 0.15) is 0 Å². The van der Waals surface area contributed by atoms with Crippen LogP contribution in [0.15, 0.2) is 38.1 Å². The molecule has 3 aromatic rings. The predicted molar refractivity (Wildman–Crippen MR) is 72.2 cm³/mol. The summed E-state index contributed by atoms with van der Waals surface area (Å²) in [6.07, 6.45) is 0.549. The second kappa shape index (κ2) is 4.84. The van der Waals surface area contributed by atoms with Crippen LogP contribution in [0.25, 0.3) is 21.9 Å². The molecule has 8 heteroatoms. The van der Waals surface area contributed by atoms with Crippen LogP contribution in [0.4, 0.5) is 4.79 Å². The zero-order valence-corrected chi connectivity index (χ0v) is 10.8. The van der Waals surface area contributed by atoms with Crippen molar-refractivity contribution in [1.29, 1.82) is 0 Å². The maximum atomic E-state index is 11.6. The first-order valence-corrected chi connectivity index (χ1v) is 5.84. The summed E-state index contributed by atoms with van der Waals surface area (Å²) in [4.78, 5) is 22.9. The van der Waals surface area contributed by atoms with Gasteiger partial charge in [-0.25, -0.2) is 15.4 Å². The molecule has 0 fully saturated rings. The molecule has 0 saturated carbocycles. The topological polar surface area (TPSA) is 117 Å². The van der Waals surface area contributed by atoms with Gasteiger partial charge in [0, 0.05) is 6.07 Å². The van der Waals surface area contributed by atoms with Crippen molar-refractivity contribution in [1.82, 2.24) is 5.43 Å². The summed E-state index contributed by atoms with van der Waals surface area (Å²) >= 11 is 0. The molecule has 3 N–H and O–H groups in total. The van der Waals surface area contributed by atoms with Crippen LogP contribution in [0, 0.1) is 0 Å². The summed E-state index contributed by atoms with van der Waals surface area (Å²) in [5, 5.41) is 0.978. The van der Waals surface area contributed by atoms with Crippen LogP contribution in [-0.4, -0.2) is 13.2 Å². The Morgan fingerprint density at radius 2 is 2.14 bits per heavy atom. The number of methoxy groups -OCH3 is 1. The molecule has 3 rings (SSSR count). The van der Waals surface area contributed by atoms with Gasteiger partial charge in [-0.3, -0.25) is 5.43 Å². The first kappa shape index (κ1) is 13.0. The molecule has 0 saturated heterocycles. The monoisotopic (exact) mass is 290 g/mol. The number of ether oxygens (including phenoxy) is 2. The second-order valence-electron chi connectivity index (χ2n) is 4.08. The van der Waals surface area contributed by atoms with E-state index in [1.165, 1.54) is 19.4 Å². The van der Waals surface area contributed by atoms with E-state index in [0.29, 0.717) is 22.1 Å². The zero-order chi connectivity index (χ0) is 15.0. The molecule has 0 bridgehead atoms. The number of carbonyl (C=O) groups excluding carboxylic acids is 1. The van der Waals surface area contributed by atoms with Gasteiger partial charge in [0.05, 0.1) is 24.8 Å². The van der Waals surface area contributed by atoms with Crippen molar-refractivity contribution < 1.29 is 23.1 Å². The largest absolute Gasteiger partial charge is 0.495 e. The van der Waals surface area contributed by atoms with E-state index in [1.54, 1.807) is 6.07 Å². The number of benzene rings is 1. The van der Waals surface area contributed by atoms with Crippen molar-refractivity contribution in [2.75, 3.05) is 7.11 Å². The van der Waals surface area contributed by atoms with E-state index in [4.69, 9.17) is 24.2 Å². The lowest BCUT2D eigenvalue weighted by Gasteiger charge is -2.10. The number of carbonyl (C=O) groups is 1. The van der Waals surface area contributed by atoms with Crippen molar-refractivity contribution >= 4 is 28.0 Å². The Labute approximate surface area is 117 Å². The van der Waals surface area contributed by atoms with Crippen molar-refractivity contribution in [3.63, 3.8) is 0 Å². The van der Waals surface area contributed by atoms with Crippen LogP contribution >= 0.6 is 0 Å². The molecule has 1 aromatic carbocycles. The molecule has 2 aromatic heterocycles. The van der Waals surface area contributed by atoms with Crippen LogP contribution < -0.4 is 26.4 Å². The molecule has 0 aliphatic carbocycles. The fourth-order valence-electron chi connectivity index (χ4n) is 2.11. The van der Waals surface area contributed by atoms with Gasteiger partial charge in [0.15, 0.2) is 5.75 Å². The average Bonchev–Trinajstić information content (AvgIpc) is 2.92. The highest BCUT2D eigenvalue weighted by molar-refractivity contribution is 6.04. The predicted octanol–water partition coefficient (Wildman–Crippen LogP) is 1.51. The smallest absolute Gasteiger partial charge is 0.426 e. The van der Waals surface area contributed by atoms with Crippen molar-refractivity contribution in [3.8, 4) is 11.5 Å². The van der Waals surface area contributed by atoms with Gasteiger partial charge in [0.2, 0.25) is 0 Å². The van der Waals surface area contributed by atoms with Crippen LogP contribution in [0.3, 0.4) is 0 Å². The van der Waals surface area contributed by atoms with E-state index in [1.807, 2.05) is 5.43 Å². The van der Waals surface area contributed by atoms with E-state index in [2.05, 4.69) is 0 Å². The Morgan fingerprint density at radius 1 is 1.33 bits per heavy atom. The lowest BCUT2D eigenvalue weighted by atomic mass is 10.1. The van der Waals surface area contributed by atoms with Gasteiger partial charge in [0.25, 0.3) is 0 Å². The van der Waals surface area contributed by atoms with Crippen molar-refractivity contribution in [3.05, 3.63) is 34.9 Å². The third kappa shape index (κ3) is 2.07. The molecule has 2 heterocycles. The summed E-state index contributed by atoms with van der Waals surface area (Å²) in [5.41, 5.74) is 1.77. The highest BCUT2D eigenvalue weighted by Gasteiger charge is 2.19. The molecular formula is C13H10N2O6. The Hall–Kier alpha value is -3.00. The van der Waals surface area contributed by atoms with Gasteiger partial charge in [-0.2, -0.15) is 0 Å². The first-order valence-electron chi connectivity index (χ1n) is 5.84. The maximum absolute atomic E-state index is 11.6. The standard InChI is InChI=1S/C13H10N2O6/c1-18-12-6-2-3-19-7(6)4-8-11(12)9(5-10(16)20-8)21-13(17)15-14/h2-5H,14H2,1H3,(H,15,17). The molecule has 0 spiro atoms. The fourth-order valence-corrected chi connectivity index (χ4v) is 2.11. The van der Waals surface area contributed by atoms with Gasteiger partial charge in [0.1, 0.15) is 22.3 Å². The van der Waals surface area contributed by atoms with Gasteiger partial charge in [-0.1, -0.05) is 0 Å². The molecular weight excluding hydrogens is 280 g/mol. The third-order valence-corrected chi connectivity index (χ3v) is 2.91. The van der Waals surface area contributed by atoms with Crippen molar-refractivity contribution in [2.24, 2.45) is 5.84 Å². The lowest BCUT2D eigenvalue weighted by Crippen LogP contribution is -2.33. The van der Waals surface area contributed by atoms with E-state index >= 15 is 0 Å². The number of nitrogens with two attached hydrogens (primary N) is 1. The molecule has 8 nitrogen and oxygen atoms in total. The average molecular weight is 290 g/mol. The maximum Gasteiger partial charge on any atom is 0.426 e. The highest BCUT2D eigenvalue weighted by Crippen LogP contribution is 2.39. The molecule has 108 valence electrons. The first-order chi connectivity index (χ1) is 10.1. The number of rotatable bonds is 2. The van der Waals surface area contributed by atoms with Gasteiger partial charge in [-0.15, -0.1) is 0 Å². The molecule has 0 atom stereocenters. The van der Waals surface area contributed by atoms with Crippen LogP contribution in [0.2, 0.25) is 0 Å². The molecule has 0 aliphatic heterocycles. The number of furan rings is 1. The summed E-state index contributed by atoms with van der Waals surface area (Å²) in [5.74, 6) is 5.31. The summed E-state index contributed by atoms with van der Waals surface area (Å²) in [7, 11) is 1.44. The molecule has 0 aliphatic rings. The molecule has 0 radical (unpaired) electrons. The normalized spacial score (nSPS) is 10.8. The van der Waals surface area contributed by atoms with Gasteiger partial charge < -0.3 is 18.3 Å². The second-order valence-corrected chi connectivity index (χ2v) is 4.08. The number of hydrazine groups is 1. The summed E-state index contributed by atoms with van der Waals surface area (Å²) < 4.78 is 20.7. The van der Waals surface area contributed by atoms with Crippen LogP contribution in [0.5, 0.6) is 11.5 Å². The number of nitrogens with one attached hydrogen (secondary N) is 1. The molecule has 0 unspecified atom stereocenters. The Balaban J connectivity index is 2.40. The molecule has 1 amide bonds. The number of fused-ring (bicyclic) bond motifs is 2. The summed E-state index contributed by atoms with van der Waals surface area (Å²) in [6, 6.07) is 4.24. The zero-order valence-electron chi connectivity index (χ0n) is 10.8. The quantitative estimate of drug-likeness (QED) is 0.318. The lowest BCUT2D eigenvalue weighted by molar-refractivity contribution is 0.201. The SMILES string of the molecule is COc1c2ccoc2cc2oc(=O)cc(OC(=O)NN)c12. The van der Waals surface area contributed by atoms with Crippen molar-refractivity contribution in [2.45, 2.75) is 0 Å². The third-order valence-electron chi connectivity index (χ3n) is 2.91.